The molecular weight excluding hydrogens is 188 g/mol. The Bertz CT molecular complexity index is 190. The topological polar surface area (TPSA) is 49.5 Å². The Morgan fingerprint density at radius 2 is 1.93 bits per heavy atom. The average molecular weight is 214 g/mol. The summed E-state index contributed by atoms with van der Waals surface area (Å²) < 4.78 is 0. The number of likely N-dealkylation sites (tertiary alicyclic amines) is 1. The van der Waals surface area contributed by atoms with Gasteiger partial charge in [0.25, 0.3) is 0 Å². The molecule has 3 nitrogen and oxygen atoms in total. The quantitative estimate of drug-likeness (QED) is 0.739. The zero-order valence-electron chi connectivity index (χ0n) is 10.4. The maximum atomic E-state index is 9.85. The van der Waals surface area contributed by atoms with E-state index in [0.29, 0.717) is 0 Å². The van der Waals surface area contributed by atoms with Gasteiger partial charge in [-0.3, -0.25) is 0 Å². The first kappa shape index (κ1) is 12.9. The summed E-state index contributed by atoms with van der Waals surface area (Å²) in [6.07, 6.45) is 2.89. The molecule has 1 fully saturated rings. The number of nitrogens with two attached hydrogens (primary N) is 1. The van der Waals surface area contributed by atoms with E-state index in [4.69, 9.17) is 5.73 Å². The Hall–Kier alpha value is -0.120. The highest BCUT2D eigenvalue weighted by Gasteiger charge is 2.30. The van der Waals surface area contributed by atoms with Crippen LogP contribution in [0.5, 0.6) is 0 Å². The molecule has 3 heteroatoms. The molecule has 90 valence electrons. The third-order valence-electron chi connectivity index (χ3n) is 3.88. The average Bonchev–Trinajstić information content (AvgIpc) is 2.21. The predicted molar refractivity (Wildman–Crippen MR) is 63.8 cm³/mol. The molecule has 1 aliphatic heterocycles. The van der Waals surface area contributed by atoms with E-state index in [-0.39, 0.29) is 5.41 Å². The molecule has 3 N–H and O–H groups in total. The van der Waals surface area contributed by atoms with Gasteiger partial charge in [0.2, 0.25) is 0 Å². The van der Waals surface area contributed by atoms with Gasteiger partial charge in [-0.1, -0.05) is 13.8 Å². The van der Waals surface area contributed by atoms with Gasteiger partial charge >= 0.3 is 0 Å². The zero-order chi connectivity index (χ0) is 11.5. The van der Waals surface area contributed by atoms with E-state index in [0.717, 1.165) is 45.4 Å². The molecule has 0 bridgehead atoms. The lowest BCUT2D eigenvalue weighted by Gasteiger charge is -2.40. The van der Waals surface area contributed by atoms with E-state index < -0.39 is 5.60 Å². The van der Waals surface area contributed by atoms with E-state index in [1.165, 1.54) is 0 Å². The van der Waals surface area contributed by atoms with Crippen molar-refractivity contribution in [2.45, 2.75) is 45.6 Å². The van der Waals surface area contributed by atoms with Crippen LogP contribution in [0.2, 0.25) is 0 Å². The summed E-state index contributed by atoms with van der Waals surface area (Å²) in [5.41, 5.74) is 5.61. The van der Waals surface area contributed by atoms with E-state index in [9.17, 15) is 5.11 Å². The molecule has 0 radical (unpaired) electrons. The molecule has 0 amide bonds. The van der Waals surface area contributed by atoms with Crippen molar-refractivity contribution in [3.63, 3.8) is 0 Å². The van der Waals surface area contributed by atoms with E-state index in [2.05, 4.69) is 18.7 Å². The fourth-order valence-electron chi connectivity index (χ4n) is 2.05. The number of piperidine rings is 1. The van der Waals surface area contributed by atoms with Crippen LogP contribution in [0.15, 0.2) is 0 Å². The molecular formula is C12H26N2O. The van der Waals surface area contributed by atoms with Crippen molar-refractivity contribution in [2.75, 3.05) is 26.2 Å². The zero-order valence-corrected chi connectivity index (χ0v) is 10.4. The van der Waals surface area contributed by atoms with Crippen LogP contribution in [0.1, 0.15) is 40.0 Å². The number of aliphatic hydroxyl groups is 1. The molecule has 0 aromatic rings. The molecule has 0 spiro atoms. The van der Waals surface area contributed by atoms with Crippen molar-refractivity contribution in [1.82, 2.24) is 4.90 Å². The highest BCUT2D eigenvalue weighted by molar-refractivity contribution is 4.85. The molecule has 0 saturated carbocycles. The monoisotopic (exact) mass is 214 g/mol. The van der Waals surface area contributed by atoms with Crippen LogP contribution in [-0.4, -0.2) is 41.8 Å². The van der Waals surface area contributed by atoms with E-state index >= 15 is 0 Å². The van der Waals surface area contributed by atoms with Crippen LogP contribution in [0.4, 0.5) is 0 Å². The van der Waals surface area contributed by atoms with Crippen molar-refractivity contribution in [2.24, 2.45) is 11.1 Å². The fraction of sp³-hybridized carbons (Fsp3) is 1.00. The highest BCUT2D eigenvalue weighted by atomic mass is 16.3. The van der Waals surface area contributed by atoms with Gasteiger partial charge in [-0.25, -0.2) is 0 Å². The smallest absolute Gasteiger partial charge is 0.0644 e. The Morgan fingerprint density at radius 1 is 1.40 bits per heavy atom. The van der Waals surface area contributed by atoms with Crippen LogP contribution >= 0.6 is 0 Å². The molecule has 1 saturated heterocycles. The van der Waals surface area contributed by atoms with Crippen LogP contribution in [0.25, 0.3) is 0 Å². The Morgan fingerprint density at radius 3 is 2.33 bits per heavy atom. The van der Waals surface area contributed by atoms with Crippen molar-refractivity contribution in [3.8, 4) is 0 Å². The molecule has 1 unspecified atom stereocenters. The van der Waals surface area contributed by atoms with Gasteiger partial charge < -0.3 is 15.7 Å². The van der Waals surface area contributed by atoms with Crippen LogP contribution in [0, 0.1) is 5.41 Å². The number of nitrogens with zero attached hydrogens (tertiary/aromatic N) is 1. The molecule has 0 aromatic heterocycles. The van der Waals surface area contributed by atoms with Gasteiger partial charge in [0.05, 0.1) is 5.60 Å². The van der Waals surface area contributed by atoms with Gasteiger partial charge in [0.1, 0.15) is 0 Å². The third kappa shape index (κ3) is 3.74. The lowest BCUT2D eigenvalue weighted by molar-refractivity contribution is -0.0143. The minimum absolute atomic E-state index is 0.239. The molecule has 0 aliphatic carbocycles. The number of rotatable bonds is 4. The Kier molecular flexibility index (Phi) is 4.15. The van der Waals surface area contributed by atoms with Gasteiger partial charge in [0, 0.05) is 19.6 Å². The standard InChI is InChI=1S/C12H26N2O/c1-4-11(2,9-13)10-14-7-5-12(3,15)6-8-14/h15H,4-10,13H2,1-3H3. The van der Waals surface area contributed by atoms with Crippen molar-refractivity contribution in [1.29, 1.82) is 0 Å². The van der Waals surface area contributed by atoms with Crippen molar-refractivity contribution < 1.29 is 5.11 Å². The lowest BCUT2D eigenvalue weighted by Crippen LogP contribution is -2.47. The first-order valence-corrected chi connectivity index (χ1v) is 6.06. The number of hydrogen-bond donors (Lipinski definition) is 2. The molecule has 0 aromatic carbocycles. The minimum atomic E-state index is -0.443. The predicted octanol–water partition coefficient (Wildman–Crippen LogP) is 1.21. The summed E-state index contributed by atoms with van der Waals surface area (Å²) >= 11 is 0. The normalized spacial score (nSPS) is 26.2. The molecule has 15 heavy (non-hydrogen) atoms. The minimum Gasteiger partial charge on any atom is -0.390 e. The SMILES string of the molecule is CCC(C)(CN)CN1CCC(C)(O)CC1. The van der Waals surface area contributed by atoms with Gasteiger partial charge in [-0.15, -0.1) is 0 Å². The summed E-state index contributed by atoms with van der Waals surface area (Å²) in [7, 11) is 0. The highest BCUT2D eigenvalue weighted by Crippen LogP contribution is 2.26. The van der Waals surface area contributed by atoms with Gasteiger partial charge in [-0.2, -0.15) is 0 Å². The molecule has 1 rings (SSSR count). The number of hydrogen-bond acceptors (Lipinski definition) is 3. The van der Waals surface area contributed by atoms with E-state index in [1.807, 2.05) is 6.92 Å². The lowest BCUT2D eigenvalue weighted by atomic mass is 9.85. The summed E-state index contributed by atoms with van der Waals surface area (Å²) in [5, 5.41) is 9.85. The maximum Gasteiger partial charge on any atom is 0.0644 e. The van der Waals surface area contributed by atoms with Gasteiger partial charge in [0.15, 0.2) is 0 Å². The van der Waals surface area contributed by atoms with E-state index in [1.54, 1.807) is 0 Å². The molecule has 1 atom stereocenters. The second kappa shape index (κ2) is 4.81. The summed E-state index contributed by atoms with van der Waals surface area (Å²) in [6, 6.07) is 0. The molecule has 1 heterocycles. The summed E-state index contributed by atoms with van der Waals surface area (Å²) in [4.78, 5) is 2.44. The summed E-state index contributed by atoms with van der Waals surface area (Å²) in [5.74, 6) is 0. The second-order valence-corrected chi connectivity index (χ2v) is 5.64. The van der Waals surface area contributed by atoms with Crippen LogP contribution in [0.3, 0.4) is 0 Å². The second-order valence-electron chi connectivity index (χ2n) is 5.64. The Balaban J connectivity index is 2.41. The largest absolute Gasteiger partial charge is 0.390 e. The van der Waals surface area contributed by atoms with Crippen LogP contribution < -0.4 is 5.73 Å². The maximum absolute atomic E-state index is 9.85. The van der Waals surface area contributed by atoms with Crippen LogP contribution in [-0.2, 0) is 0 Å². The first-order valence-electron chi connectivity index (χ1n) is 6.06. The van der Waals surface area contributed by atoms with Crippen molar-refractivity contribution >= 4 is 0 Å². The third-order valence-corrected chi connectivity index (χ3v) is 3.88. The van der Waals surface area contributed by atoms with Gasteiger partial charge in [-0.05, 0) is 38.1 Å². The summed E-state index contributed by atoms with van der Waals surface area (Å²) in [6.45, 7) is 10.2. The van der Waals surface area contributed by atoms with Crippen molar-refractivity contribution in [3.05, 3.63) is 0 Å². The molecule has 1 aliphatic rings. The fourth-order valence-corrected chi connectivity index (χ4v) is 2.05. The first-order chi connectivity index (χ1) is 6.91. The Labute approximate surface area is 93.6 Å².